The molecule has 3 heteroatoms. The highest BCUT2D eigenvalue weighted by atomic mass is 16.3. The van der Waals surface area contributed by atoms with E-state index in [1.807, 2.05) is 0 Å². The van der Waals surface area contributed by atoms with E-state index < -0.39 is 0 Å². The highest BCUT2D eigenvalue weighted by Gasteiger charge is 2.33. The molecule has 3 nitrogen and oxygen atoms in total. The number of aliphatic hydroxyl groups is 1. The van der Waals surface area contributed by atoms with Crippen LogP contribution in [0.25, 0.3) is 0 Å². The van der Waals surface area contributed by atoms with Gasteiger partial charge in [-0.05, 0) is 50.5 Å². The van der Waals surface area contributed by atoms with Gasteiger partial charge < -0.3 is 15.3 Å². The normalized spacial score (nSPS) is 30.1. The Hall–Kier alpha value is -1.06. The molecule has 1 saturated carbocycles. The molecule has 2 N–H and O–H groups in total. The fourth-order valence-corrected chi connectivity index (χ4v) is 3.30. The van der Waals surface area contributed by atoms with Gasteiger partial charge in [0.2, 0.25) is 0 Å². The van der Waals surface area contributed by atoms with E-state index in [4.69, 9.17) is 5.11 Å². The average Bonchev–Trinajstić information content (AvgIpc) is 3.20. The monoisotopic (exact) mass is 274 g/mol. The van der Waals surface area contributed by atoms with Gasteiger partial charge in [-0.1, -0.05) is 18.2 Å². The molecule has 0 bridgehead atoms. The van der Waals surface area contributed by atoms with Crippen LogP contribution in [0.15, 0.2) is 35.6 Å². The number of rotatable bonds is 6. The molecule has 2 aliphatic carbocycles. The Labute approximate surface area is 122 Å². The van der Waals surface area contributed by atoms with Gasteiger partial charge >= 0.3 is 0 Å². The number of nitrogens with zero attached hydrogens (tertiary/aromatic N) is 1. The van der Waals surface area contributed by atoms with E-state index in [9.17, 15) is 0 Å². The summed E-state index contributed by atoms with van der Waals surface area (Å²) in [7, 11) is 0. The summed E-state index contributed by atoms with van der Waals surface area (Å²) >= 11 is 0. The molecule has 0 spiro atoms. The predicted octanol–water partition coefficient (Wildman–Crippen LogP) is 2.21. The first-order valence-corrected chi connectivity index (χ1v) is 7.90. The summed E-state index contributed by atoms with van der Waals surface area (Å²) in [5, 5.41) is 12.7. The van der Waals surface area contributed by atoms with Crippen molar-refractivity contribution in [3.63, 3.8) is 0 Å². The zero-order valence-electron chi connectivity index (χ0n) is 12.5. The lowest BCUT2D eigenvalue weighted by Crippen LogP contribution is -2.36. The summed E-state index contributed by atoms with van der Waals surface area (Å²) in [5.74, 6) is 0.519. The van der Waals surface area contributed by atoms with Gasteiger partial charge in [0, 0.05) is 31.2 Å². The Morgan fingerprint density at radius 2 is 2.25 bits per heavy atom. The molecular formula is C17H26N2O. The average molecular weight is 274 g/mol. The van der Waals surface area contributed by atoms with Gasteiger partial charge in [0.05, 0.1) is 6.04 Å². The maximum Gasteiger partial charge on any atom is 0.0574 e. The van der Waals surface area contributed by atoms with Crippen molar-refractivity contribution >= 4 is 0 Å². The smallest absolute Gasteiger partial charge is 0.0574 e. The second-order valence-electron chi connectivity index (χ2n) is 6.39. The molecule has 0 aromatic carbocycles. The van der Waals surface area contributed by atoms with Crippen molar-refractivity contribution in [2.24, 2.45) is 5.92 Å². The zero-order valence-corrected chi connectivity index (χ0v) is 12.5. The second-order valence-corrected chi connectivity index (χ2v) is 6.39. The van der Waals surface area contributed by atoms with Crippen LogP contribution in [0.1, 0.15) is 33.1 Å². The van der Waals surface area contributed by atoms with Crippen LogP contribution in [0, 0.1) is 5.92 Å². The molecule has 20 heavy (non-hydrogen) atoms. The third-order valence-electron chi connectivity index (χ3n) is 4.64. The lowest BCUT2D eigenvalue weighted by molar-refractivity contribution is 0.243. The Kier molecular flexibility index (Phi) is 3.99. The number of hydrogen-bond acceptors (Lipinski definition) is 3. The minimum Gasteiger partial charge on any atom is -0.396 e. The molecule has 1 aliphatic heterocycles. The zero-order chi connectivity index (χ0) is 14.1. The lowest BCUT2D eigenvalue weighted by Gasteiger charge is -2.31. The quantitative estimate of drug-likeness (QED) is 0.779. The largest absolute Gasteiger partial charge is 0.396 e. The molecule has 3 rings (SSSR count). The molecule has 0 amide bonds. The van der Waals surface area contributed by atoms with Gasteiger partial charge in [0.1, 0.15) is 0 Å². The van der Waals surface area contributed by atoms with Crippen LogP contribution < -0.4 is 5.32 Å². The van der Waals surface area contributed by atoms with Gasteiger partial charge in [-0.3, -0.25) is 0 Å². The summed E-state index contributed by atoms with van der Waals surface area (Å²) in [6.07, 6.45) is 12.9. The molecule has 0 saturated heterocycles. The van der Waals surface area contributed by atoms with E-state index >= 15 is 0 Å². The van der Waals surface area contributed by atoms with Gasteiger partial charge in [-0.15, -0.1) is 0 Å². The summed E-state index contributed by atoms with van der Waals surface area (Å²) in [6.45, 7) is 5.69. The molecule has 0 aromatic heterocycles. The summed E-state index contributed by atoms with van der Waals surface area (Å²) in [4.78, 5) is 2.39. The van der Waals surface area contributed by atoms with Crippen LogP contribution in [0.2, 0.25) is 0 Å². The third kappa shape index (κ3) is 2.84. The SMILES string of the molecule is CC1=CN(CCCO)C2C=C(C(C)NC3CC3)C=CC12. The van der Waals surface area contributed by atoms with Crippen LogP contribution in [0.4, 0.5) is 0 Å². The first kappa shape index (κ1) is 13.9. The molecule has 3 unspecified atom stereocenters. The Bertz CT molecular complexity index is 448. The Morgan fingerprint density at radius 1 is 1.45 bits per heavy atom. The fraction of sp³-hybridized carbons (Fsp3) is 0.647. The molecular weight excluding hydrogens is 248 g/mol. The Balaban J connectivity index is 1.70. The molecule has 1 fully saturated rings. The second kappa shape index (κ2) is 5.74. The van der Waals surface area contributed by atoms with Crippen molar-refractivity contribution < 1.29 is 5.11 Å². The highest BCUT2D eigenvalue weighted by Crippen LogP contribution is 2.35. The standard InChI is InChI=1S/C17H26N2O/c1-12-11-19(8-3-9-20)17-10-14(4-7-16(12)17)13(2)18-15-5-6-15/h4,7,10-11,13,15-18,20H,3,5-6,8-9H2,1-2H3. The van der Waals surface area contributed by atoms with Gasteiger partial charge in [-0.2, -0.15) is 0 Å². The third-order valence-corrected chi connectivity index (χ3v) is 4.64. The molecule has 0 aromatic rings. The summed E-state index contributed by atoms with van der Waals surface area (Å²) in [6, 6.07) is 1.64. The van der Waals surface area contributed by atoms with Crippen LogP contribution >= 0.6 is 0 Å². The van der Waals surface area contributed by atoms with Gasteiger partial charge in [-0.25, -0.2) is 0 Å². The lowest BCUT2D eigenvalue weighted by atomic mass is 9.87. The van der Waals surface area contributed by atoms with E-state index in [2.05, 4.69) is 48.5 Å². The predicted molar refractivity (Wildman–Crippen MR) is 82.3 cm³/mol. The summed E-state index contributed by atoms with van der Waals surface area (Å²) in [5.41, 5.74) is 2.84. The van der Waals surface area contributed by atoms with E-state index in [1.165, 1.54) is 24.0 Å². The van der Waals surface area contributed by atoms with Crippen molar-refractivity contribution in [1.82, 2.24) is 10.2 Å². The molecule has 110 valence electrons. The van der Waals surface area contributed by atoms with Gasteiger partial charge in [0.15, 0.2) is 0 Å². The van der Waals surface area contributed by atoms with Gasteiger partial charge in [0.25, 0.3) is 0 Å². The first-order valence-electron chi connectivity index (χ1n) is 7.90. The summed E-state index contributed by atoms with van der Waals surface area (Å²) < 4.78 is 0. The van der Waals surface area contributed by atoms with E-state index in [-0.39, 0.29) is 6.61 Å². The van der Waals surface area contributed by atoms with Crippen LogP contribution in [0.3, 0.4) is 0 Å². The van der Waals surface area contributed by atoms with Crippen molar-refractivity contribution in [3.8, 4) is 0 Å². The van der Waals surface area contributed by atoms with E-state index in [0.717, 1.165) is 19.0 Å². The maximum atomic E-state index is 9.05. The molecule has 0 radical (unpaired) electrons. The van der Waals surface area contributed by atoms with Crippen LogP contribution in [0.5, 0.6) is 0 Å². The number of hydrogen-bond donors (Lipinski definition) is 2. The maximum absolute atomic E-state index is 9.05. The highest BCUT2D eigenvalue weighted by molar-refractivity contribution is 5.38. The number of aliphatic hydroxyl groups excluding tert-OH is 1. The molecule has 3 atom stereocenters. The number of fused-ring (bicyclic) bond motifs is 1. The van der Waals surface area contributed by atoms with E-state index in [0.29, 0.717) is 18.0 Å². The molecule has 1 heterocycles. The molecule has 3 aliphatic rings. The van der Waals surface area contributed by atoms with Crippen LogP contribution in [-0.4, -0.2) is 41.3 Å². The Morgan fingerprint density at radius 3 is 2.95 bits per heavy atom. The fourth-order valence-electron chi connectivity index (χ4n) is 3.30. The van der Waals surface area contributed by atoms with Crippen molar-refractivity contribution in [1.29, 1.82) is 0 Å². The topological polar surface area (TPSA) is 35.5 Å². The van der Waals surface area contributed by atoms with Crippen LogP contribution in [-0.2, 0) is 0 Å². The number of nitrogens with one attached hydrogen (secondary N) is 1. The minimum atomic E-state index is 0.271. The first-order chi connectivity index (χ1) is 9.69. The van der Waals surface area contributed by atoms with E-state index in [1.54, 1.807) is 0 Å². The minimum absolute atomic E-state index is 0.271. The van der Waals surface area contributed by atoms with Crippen molar-refractivity contribution in [3.05, 3.63) is 35.6 Å². The van der Waals surface area contributed by atoms with Crippen molar-refractivity contribution in [2.45, 2.75) is 51.2 Å². The van der Waals surface area contributed by atoms with Crippen molar-refractivity contribution in [2.75, 3.05) is 13.2 Å².